The van der Waals surface area contributed by atoms with E-state index in [0.717, 1.165) is 50.9 Å². The summed E-state index contributed by atoms with van der Waals surface area (Å²) in [6.45, 7) is 0. The van der Waals surface area contributed by atoms with Gasteiger partial charge in [0.25, 0.3) is 0 Å². The van der Waals surface area contributed by atoms with Gasteiger partial charge in [0.1, 0.15) is 0 Å². The lowest BCUT2D eigenvalue weighted by Crippen LogP contribution is -2.35. The van der Waals surface area contributed by atoms with Crippen LogP contribution in [0.25, 0.3) is 93.6 Å². The molecule has 67 heavy (non-hydrogen) atoms. The lowest BCUT2D eigenvalue weighted by Gasteiger charge is -2.44. The van der Waals surface area contributed by atoms with Crippen LogP contribution in [-0.2, 0) is 5.41 Å². The van der Waals surface area contributed by atoms with Gasteiger partial charge in [0.15, 0.2) is 11.5 Å². The molecule has 0 N–H and O–H groups in total. The number of nitrogens with zero attached hydrogens (tertiary/aromatic N) is 2. The van der Waals surface area contributed by atoms with Crippen LogP contribution in [0.3, 0.4) is 0 Å². The van der Waals surface area contributed by atoms with Gasteiger partial charge in [-0.15, -0.1) is 0 Å². The second-order valence-corrected chi connectivity index (χ2v) is 18.0. The smallest absolute Gasteiger partial charge is 0.174 e. The number of rotatable bonds is 4. The molecule has 4 nitrogen and oxygen atoms in total. The van der Waals surface area contributed by atoms with Crippen LogP contribution in [0.2, 0.25) is 0 Å². The van der Waals surface area contributed by atoms with Gasteiger partial charge in [-0.25, -0.2) is 0 Å². The largest absolute Gasteiger partial charge is 0.461 e. The highest BCUT2D eigenvalue weighted by molar-refractivity contribution is 6.22. The van der Waals surface area contributed by atoms with Crippen LogP contribution in [0.15, 0.2) is 240 Å². The fourth-order valence-corrected chi connectivity index (χ4v) is 12.0. The monoisotopic (exact) mass is 854 g/mol. The Morgan fingerprint density at radius 1 is 0.328 bits per heavy atom. The number of fused-ring (bicyclic) bond motifs is 15. The van der Waals surface area contributed by atoms with E-state index in [2.05, 4.69) is 228 Å². The molecule has 4 heterocycles. The number of para-hydroxylation sites is 3. The molecule has 0 unspecified atom stereocenters. The summed E-state index contributed by atoms with van der Waals surface area (Å²) in [5.74, 6) is 1.58. The summed E-state index contributed by atoms with van der Waals surface area (Å²) in [5.41, 5.74) is 15.5. The minimum absolute atomic E-state index is 0.679. The molecule has 1 spiro atoms. The molecule has 0 amide bonds. The van der Waals surface area contributed by atoms with Crippen molar-refractivity contribution in [2.24, 2.45) is 0 Å². The van der Waals surface area contributed by atoms with Crippen molar-refractivity contribution in [1.29, 1.82) is 0 Å². The molecule has 4 heteroatoms. The van der Waals surface area contributed by atoms with Gasteiger partial charge in [-0.05, 0) is 132 Å². The Morgan fingerprint density at radius 3 is 1.60 bits per heavy atom. The molecule has 1 aliphatic heterocycles. The first-order valence-corrected chi connectivity index (χ1v) is 23.0. The maximum Gasteiger partial charge on any atom is 0.174 e. The van der Waals surface area contributed by atoms with Crippen molar-refractivity contribution in [3.63, 3.8) is 0 Å². The molecule has 13 aromatic rings. The normalized spacial score (nSPS) is 13.5. The highest BCUT2D eigenvalue weighted by Gasteiger charge is 2.55. The molecule has 0 saturated carbocycles. The zero-order chi connectivity index (χ0) is 43.8. The van der Waals surface area contributed by atoms with Gasteiger partial charge >= 0.3 is 0 Å². The number of hydrogen-bond donors (Lipinski definition) is 0. The van der Waals surface area contributed by atoms with Crippen LogP contribution in [0.1, 0.15) is 22.3 Å². The van der Waals surface area contributed by atoms with E-state index >= 15 is 0 Å². The van der Waals surface area contributed by atoms with Crippen molar-refractivity contribution >= 4 is 71.2 Å². The van der Waals surface area contributed by atoms with E-state index in [0.29, 0.717) is 0 Å². The Bertz CT molecular complexity index is 4070. The zero-order valence-electron chi connectivity index (χ0n) is 36.2. The number of hydrogen-bond acceptors (Lipinski definition) is 3. The lowest BCUT2D eigenvalue weighted by atomic mass is 9.65. The predicted molar refractivity (Wildman–Crippen MR) is 274 cm³/mol. The Labute approximate surface area is 385 Å². The van der Waals surface area contributed by atoms with Crippen molar-refractivity contribution in [1.82, 2.24) is 4.57 Å². The lowest BCUT2D eigenvalue weighted by molar-refractivity contribution is 0.525. The number of benzene rings is 10. The van der Waals surface area contributed by atoms with Gasteiger partial charge in [-0.2, -0.15) is 0 Å². The van der Waals surface area contributed by atoms with Crippen LogP contribution in [0.4, 0.5) is 17.1 Å². The van der Waals surface area contributed by atoms with Crippen molar-refractivity contribution in [3.05, 3.63) is 253 Å². The van der Waals surface area contributed by atoms with Gasteiger partial charge in [-0.3, -0.25) is 0 Å². The number of anilines is 3. The standard InChI is InChI=1S/C63H38N2O2/c1-2-16-43(17-3-1)64-55-24-12-10-18-45(55)50-37-54-58(38-57(50)64)65(56-25-13-11-23-51(56)63(54)52-32-34-66-61(52)62-53(63)33-35-67-62)44-30-28-40(29-31-44)59-46-19-6-8-21-48(46)60(49-22-9-7-20-47(49)59)42-27-26-39-14-4-5-15-41(39)36-42/h1-38H. The molecule has 15 rings (SSSR count). The molecule has 0 saturated heterocycles. The highest BCUT2D eigenvalue weighted by Crippen LogP contribution is 2.64. The molecule has 0 fully saturated rings. The summed E-state index contributed by atoms with van der Waals surface area (Å²) in [6.07, 6.45) is 3.62. The first kappa shape index (κ1) is 36.5. The Hall–Kier alpha value is -8.86. The first-order chi connectivity index (χ1) is 33.3. The summed E-state index contributed by atoms with van der Waals surface area (Å²) < 4.78 is 15.0. The Balaban J connectivity index is 0.981. The van der Waals surface area contributed by atoms with Crippen LogP contribution < -0.4 is 4.90 Å². The average Bonchev–Trinajstić information content (AvgIpc) is 4.19. The Morgan fingerprint density at radius 2 is 0.896 bits per heavy atom. The highest BCUT2D eigenvalue weighted by atomic mass is 16.4. The summed E-state index contributed by atoms with van der Waals surface area (Å²) >= 11 is 0. The van der Waals surface area contributed by atoms with Gasteiger partial charge < -0.3 is 18.3 Å². The average molecular weight is 855 g/mol. The summed E-state index contributed by atoms with van der Waals surface area (Å²) in [7, 11) is 0. The van der Waals surface area contributed by atoms with E-state index in [4.69, 9.17) is 8.83 Å². The van der Waals surface area contributed by atoms with Crippen molar-refractivity contribution in [3.8, 4) is 39.5 Å². The van der Waals surface area contributed by atoms with Crippen molar-refractivity contribution in [2.45, 2.75) is 5.41 Å². The minimum Gasteiger partial charge on any atom is -0.461 e. The number of aromatic nitrogens is 1. The molecule has 10 aromatic carbocycles. The van der Waals surface area contributed by atoms with Gasteiger partial charge in [-0.1, -0.05) is 152 Å². The fraction of sp³-hybridized carbons (Fsp3) is 0.0159. The third-order valence-electron chi connectivity index (χ3n) is 14.7. The van der Waals surface area contributed by atoms with Crippen LogP contribution in [0, 0.1) is 0 Å². The molecule has 0 bridgehead atoms. The van der Waals surface area contributed by atoms with E-state index in [9.17, 15) is 0 Å². The van der Waals surface area contributed by atoms with Gasteiger partial charge in [0.05, 0.1) is 40.3 Å². The van der Waals surface area contributed by atoms with E-state index in [1.807, 2.05) is 12.5 Å². The maximum atomic E-state index is 6.30. The summed E-state index contributed by atoms with van der Waals surface area (Å²) in [5, 5.41) is 9.84. The van der Waals surface area contributed by atoms with Crippen LogP contribution >= 0.6 is 0 Å². The van der Waals surface area contributed by atoms with Gasteiger partial charge in [0, 0.05) is 33.3 Å². The predicted octanol–water partition coefficient (Wildman–Crippen LogP) is 16.9. The number of furan rings is 2. The zero-order valence-corrected chi connectivity index (χ0v) is 36.2. The van der Waals surface area contributed by atoms with E-state index in [-0.39, 0.29) is 0 Å². The van der Waals surface area contributed by atoms with E-state index < -0.39 is 5.41 Å². The molecule has 0 radical (unpaired) electrons. The minimum atomic E-state index is -0.679. The summed E-state index contributed by atoms with van der Waals surface area (Å²) in [4.78, 5) is 2.48. The SMILES string of the molecule is c1ccc(-n2c3ccccc3c3cc4c(cc32)N(c2ccc(-c3c5ccccc5c(-c5ccc6ccccc6c5)c5ccccc35)cc2)c2ccccc2C42c3ccoc3-c3occc32)cc1. The van der Waals surface area contributed by atoms with Crippen molar-refractivity contribution in [2.75, 3.05) is 4.90 Å². The molecular weight excluding hydrogens is 817 g/mol. The van der Waals surface area contributed by atoms with Crippen molar-refractivity contribution < 1.29 is 8.83 Å². The molecule has 0 atom stereocenters. The molecule has 3 aromatic heterocycles. The third-order valence-corrected chi connectivity index (χ3v) is 14.7. The fourth-order valence-electron chi connectivity index (χ4n) is 12.0. The molecular formula is C63H38N2O2. The van der Waals surface area contributed by atoms with E-state index in [1.54, 1.807) is 0 Å². The molecule has 1 aliphatic carbocycles. The third kappa shape index (κ3) is 4.86. The first-order valence-electron chi connectivity index (χ1n) is 23.0. The molecule has 2 aliphatic rings. The second-order valence-electron chi connectivity index (χ2n) is 18.0. The topological polar surface area (TPSA) is 34.5 Å². The summed E-state index contributed by atoms with van der Waals surface area (Å²) in [6, 6.07) is 80.2. The van der Waals surface area contributed by atoms with Crippen LogP contribution in [0.5, 0.6) is 0 Å². The molecule has 312 valence electrons. The quantitative estimate of drug-likeness (QED) is 0.165. The maximum absolute atomic E-state index is 6.30. The van der Waals surface area contributed by atoms with Gasteiger partial charge in [0.2, 0.25) is 0 Å². The Kier molecular flexibility index (Phi) is 7.40. The second kappa shape index (κ2) is 13.6. The van der Waals surface area contributed by atoms with Crippen LogP contribution in [-0.4, -0.2) is 4.57 Å². The van der Waals surface area contributed by atoms with E-state index in [1.165, 1.54) is 82.0 Å².